The Morgan fingerprint density at radius 1 is 1.36 bits per heavy atom. The van der Waals surface area contributed by atoms with Crippen molar-refractivity contribution in [1.82, 2.24) is 0 Å². The van der Waals surface area contributed by atoms with E-state index in [1.807, 2.05) is 0 Å². The predicted molar refractivity (Wildman–Crippen MR) is 33.4 cm³/mol. The van der Waals surface area contributed by atoms with Crippen LogP contribution in [0.15, 0.2) is 0 Å². The van der Waals surface area contributed by atoms with Crippen LogP contribution in [0.1, 0.15) is 13.3 Å². The lowest BCUT2D eigenvalue weighted by atomic mass is 10.5. The van der Waals surface area contributed by atoms with E-state index in [4.69, 9.17) is 0 Å². The highest BCUT2D eigenvalue weighted by Gasteiger charge is 2.07. The van der Waals surface area contributed by atoms with Crippen LogP contribution >= 0.6 is 0 Å². The molecule has 0 radical (unpaired) electrons. The smallest absolute Gasteiger partial charge is 0.351 e. The predicted octanol–water partition coefficient (Wildman–Crippen LogP) is -0.361. The Balaban J connectivity index is 3.51. The molecule has 0 aliphatic rings. The van der Waals surface area contributed by atoms with Gasteiger partial charge in [0.15, 0.2) is 6.61 Å². The number of hydrogen-bond donors (Lipinski definition) is 0. The average Bonchev–Trinajstić information content (AvgIpc) is 2.00. The largest absolute Gasteiger partial charge is 0.456 e. The Hall–Kier alpha value is -1.39. The molecule has 0 saturated carbocycles. The summed E-state index contributed by atoms with van der Waals surface area (Å²) in [5, 5.41) is 0. The summed E-state index contributed by atoms with van der Waals surface area (Å²) in [4.78, 5) is 30.4. The van der Waals surface area contributed by atoms with Crippen molar-refractivity contribution in [2.75, 3.05) is 6.61 Å². The molecule has 0 aliphatic heterocycles. The van der Waals surface area contributed by atoms with Gasteiger partial charge in [0.25, 0.3) is 6.47 Å². The second kappa shape index (κ2) is 5.40. The molecule has 5 heteroatoms. The minimum absolute atomic E-state index is 0.109. The van der Waals surface area contributed by atoms with Crippen molar-refractivity contribution in [3.63, 3.8) is 0 Å². The summed E-state index contributed by atoms with van der Waals surface area (Å²) >= 11 is 0. The molecule has 0 aromatic carbocycles. The first kappa shape index (κ1) is 9.61. The van der Waals surface area contributed by atoms with Crippen LogP contribution in [0.25, 0.3) is 0 Å². The van der Waals surface area contributed by atoms with E-state index in [9.17, 15) is 14.4 Å². The van der Waals surface area contributed by atoms with Crippen LogP contribution in [0, 0.1) is 0 Å². The fourth-order valence-electron chi connectivity index (χ4n) is 0.331. The van der Waals surface area contributed by atoms with E-state index in [1.54, 1.807) is 6.92 Å². The number of rotatable bonds is 4. The maximum atomic E-state index is 10.4. The van der Waals surface area contributed by atoms with Crippen LogP contribution in [0.2, 0.25) is 0 Å². The van der Waals surface area contributed by atoms with Crippen LogP contribution in [0.3, 0.4) is 0 Å². The van der Waals surface area contributed by atoms with E-state index in [0.717, 1.165) is 0 Å². The molecule has 0 amide bonds. The number of carbonyl (C=O) groups excluding carboxylic acids is 3. The van der Waals surface area contributed by atoms with E-state index in [2.05, 4.69) is 9.47 Å². The molecule has 0 bridgehead atoms. The van der Waals surface area contributed by atoms with Gasteiger partial charge >= 0.3 is 11.9 Å². The average molecular weight is 160 g/mol. The van der Waals surface area contributed by atoms with Crippen molar-refractivity contribution >= 4 is 18.4 Å². The van der Waals surface area contributed by atoms with E-state index < -0.39 is 18.5 Å². The molecule has 0 spiro atoms. The lowest BCUT2D eigenvalue weighted by molar-refractivity contribution is -0.164. The lowest BCUT2D eigenvalue weighted by Crippen LogP contribution is -2.16. The number of ether oxygens (including phenoxy) is 2. The third-order valence-corrected chi connectivity index (χ3v) is 0.786. The summed E-state index contributed by atoms with van der Waals surface area (Å²) in [5.41, 5.74) is 0. The molecule has 62 valence electrons. The second-order valence-corrected chi connectivity index (χ2v) is 1.61. The minimum atomic E-state index is -0.857. The summed E-state index contributed by atoms with van der Waals surface area (Å²) in [5.74, 6) is -1.49. The van der Waals surface area contributed by atoms with Crippen LogP contribution in [0.5, 0.6) is 0 Å². The molecule has 0 saturated heterocycles. The van der Waals surface area contributed by atoms with Gasteiger partial charge in [0.1, 0.15) is 0 Å². The second-order valence-electron chi connectivity index (χ2n) is 1.61. The molecule has 0 N–H and O–H groups in total. The van der Waals surface area contributed by atoms with Gasteiger partial charge in [-0.15, -0.1) is 0 Å². The summed E-state index contributed by atoms with van der Waals surface area (Å²) in [6.07, 6.45) is 0.118. The van der Waals surface area contributed by atoms with Crippen LogP contribution < -0.4 is 0 Å². The first-order chi connectivity index (χ1) is 5.20. The topological polar surface area (TPSA) is 69.7 Å². The van der Waals surface area contributed by atoms with Gasteiger partial charge < -0.3 is 9.47 Å². The monoisotopic (exact) mass is 160 g/mol. The first-order valence-electron chi connectivity index (χ1n) is 2.99. The molecule has 0 heterocycles. The SMILES string of the molecule is CCC(=O)OC(=O)COC=O. The molecule has 0 aromatic heterocycles. The normalized spacial score (nSPS) is 8.45. The van der Waals surface area contributed by atoms with Crippen molar-refractivity contribution in [3.8, 4) is 0 Å². The standard InChI is InChI=1S/C6H8O5/c1-2-5(8)11-6(9)3-10-4-7/h4H,2-3H2,1H3. The molecule has 0 unspecified atom stereocenters. The summed E-state index contributed by atoms with van der Waals surface area (Å²) < 4.78 is 8.17. The number of hydrogen-bond acceptors (Lipinski definition) is 5. The highest BCUT2D eigenvalue weighted by atomic mass is 16.6. The van der Waals surface area contributed by atoms with Gasteiger partial charge in [-0.2, -0.15) is 0 Å². The van der Waals surface area contributed by atoms with Crippen LogP contribution in [0.4, 0.5) is 0 Å². The zero-order chi connectivity index (χ0) is 8.69. The van der Waals surface area contributed by atoms with E-state index in [-0.39, 0.29) is 12.9 Å². The van der Waals surface area contributed by atoms with Gasteiger partial charge in [-0.25, -0.2) is 4.79 Å². The van der Waals surface area contributed by atoms with Gasteiger partial charge in [-0.3, -0.25) is 9.59 Å². The molecule has 0 aliphatic carbocycles. The van der Waals surface area contributed by atoms with E-state index >= 15 is 0 Å². The van der Waals surface area contributed by atoms with Gasteiger partial charge in [0.2, 0.25) is 0 Å². The Kier molecular flexibility index (Phi) is 4.72. The highest BCUT2D eigenvalue weighted by Crippen LogP contribution is 1.85. The number of esters is 2. The highest BCUT2D eigenvalue weighted by molar-refractivity contribution is 5.86. The van der Waals surface area contributed by atoms with E-state index in [1.165, 1.54) is 0 Å². The Bertz CT molecular complexity index is 162. The molecule has 5 nitrogen and oxygen atoms in total. The molecule has 11 heavy (non-hydrogen) atoms. The van der Waals surface area contributed by atoms with Crippen molar-refractivity contribution in [2.24, 2.45) is 0 Å². The van der Waals surface area contributed by atoms with E-state index in [0.29, 0.717) is 0 Å². The molecular weight excluding hydrogens is 152 g/mol. The zero-order valence-electron chi connectivity index (χ0n) is 6.03. The maximum absolute atomic E-state index is 10.4. The third-order valence-electron chi connectivity index (χ3n) is 0.786. The molecular formula is C6H8O5. The Morgan fingerprint density at radius 3 is 2.45 bits per heavy atom. The van der Waals surface area contributed by atoms with Crippen molar-refractivity contribution in [3.05, 3.63) is 0 Å². The summed E-state index contributed by atoms with van der Waals surface area (Å²) in [7, 11) is 0. The fraction of sp³-hybridized carbons (Fsp3) is 0.500. The maximum Gasteiger partial charge on any atom is 0.351 e. The lowest BCUT2D eigenvalue weighted by Gasteiger charge is -1.98. The van der Waals surface area contributed by atoms with Crippen molar-refractivity contribution in [2.45, 2.75) is 13.3 Å². The third kappa shape index (κ3) is 5.07. The van der Waals surface area contributed by atoms with Crippen molar-refractivity contribution in [1.29, 1.82) is 0 Å². The first-order valence-corrected chi connectivity index (χ1v) is 2.99. The van der Waals surface area contributed by atoms with Crippen LogP contribution in [-0.2, 0) is 23.9 Å². The number of carbonyl (C=O) groups is 3. The van der Waals surface area contributed by atoms with Crippen molar-refractivity contribution < 1.29 is 23.9 Å². The minimum Gasteiger partial charge on any atom is -0.456 e. The Morgan fingerprint density at radius 2 is 2.00 bits per heavy atom. The quantitative estimate of drug-likeness (QED) is 0.319. The van der Waals surface area contributed by atoms with Gasteiger partial charge in [0, 0.05) is 6.42 Å². The molecule has 0 rings (SSSR count). The zero-order valence-corrected chi connectivity index (χ0v) is 6.03. The van der Waals surface area contributed by atoms with Gasteiger partial charge in [-0.1, -0.05) is 6.92 Å². The molecule has 0 aromatic rings. The Labute approximate surface area is 63.3 Å². The molecule has 0 fully saturated rings. The molecule has 0 atom stereocenters. The van der Waals surface area contributed by atoms with Crippen LogP contribution in [-0.4, -0.2) is 25.0 Å². The summed E-state index contributed by atoms with van der Waals surface area (Å²) in [6.45, 7) is 1.14. The van der Waals surface area contributed by atoms with Gasteiger partial charge in [0.05, 0.1) is 0 Å². The summed E-state index contributed by atoms with van der Waals surface area (Å²) in [6, 6.07) is 0. The van der Waals surface area contributed by atoms with Gasteiger partial charge in [-0.05, 0) is 0 Å². The fourth-order valence-corrected chi connectivity index (χ4v) is 0.331.